The SMILES string of the molecule is CC(C)(C)c1cc(-c2cccc(-c3ccccc3)c2-n2[c](=[Pt])n(-c3[c-]c(Oc4[c-]c5c(cc4)c4cc6c(cc4n5-c4ccccn4)C4(c5ccccc5-c5ccccc54)c4ccccc4-6)ccc3)c3ccccc32)cc(C(C)(C)C)c1. The standard InChI is InChI=1S/C75H56N4O.Pt/c1-73(2,3)50-40-49(41-51(42-50)74(4,5)6)56-30-21-29-55(48-22-8-7-9-23-48)72(56)78-47-77(67-34-16-17-35-68(67)78)52-24-20-25-53(43-52)80-54-37-38-60-62-45-61-59-28-12-15-33-65(59)75(63-31-13-10-26-57(63)58-27-11-14-32-64(58)75)66(61)46-70(62)79(69(60)44-54)71-36-18-19-39-76-71;/h7-42,45-46H,1-6H3;/q-2;. The number of hydrogen-bond donors (Lipinski definition) is 0. The Morgan fingerprint density at radius 1 is 0.420 bits per heavy atom. The molecule has 1 spiro atoms. The molecule has 0 fully saturated rings. The van der Waals surface area contributed by atoms with Gasteiger partial charge in [-0.3, -0.25) is 0 Å². The first kappa shape index (κ1) is 49.2. The average Bonchev–Trinajstić information content (AvgIpc) is 2.52. The van der Waals surface area contributed by atoms with Gasteiger partial charge in [0.25, 0.3) is 0 Å². The summed E-state index contributed by atoms with van der Waals surface area (Å²) >= 11 is 2.52. The average molecular weight is 1220 g/mol. The van der Waals surface area contributed by atoms with Gasteiger partial charge >= 0.3 is 346 Å². The van der Waals surface area contributed by atoms with Crippen LogP contribution >= 0.6 is 0 Å². The Balaban J connectivity index is 0.883. The van der Waals surface area contributed by atoms with Gasteiger partial charge in [0.05, 0.1) is 5.41 Å². The zero-order chi connectivity index (χ0) is 54.9. The Bertz CT molecular complexity index is 4700. The summed E-state index contributed by atoms with van der Waals surface area (Å²) in [7, 11) is 0. The van der Waals surface area contributed by atoms with E-state index in [1.165, 1.54) is 61.2 Å². The van der Waals surface area contributed by atoms with E-state index in [1.807, 2.05) is 24.4 Å². The van der Waals surface area contributed by atoms with E-state index < -0.39 is 5.41 Å². The number of rotatable bonds is 7. The minimum atomic E-state index is -0.485. The van der Waals surface area contributed by atoms with Gasteiger partial charge in [-0.15, -0.1) is 0 Å². The van der Waals surface area contributed by atoms with Crippen LogP contribution < -0.4 is 4.74 Å². The van der Waals surface area contributed by atoms with Crippen LogP contribution in [0.5, 0.6) is 11.5 Å². The molecule has 0 saturated heterocycles. The van der Waals surface area contributed by atoms with Crippen LogP contribution in [-0.4, -0.2) is 18.7 Å². The predicted molar refractivity (Wildman–Crippen MR) is 327 cm³/mol. The van der Waals surface area contributed by atoms with Gasteiger partial charge in [-0.25, -0.2) is 0 Å². The van der Waals surface area contributed by atoms with Crippen molar-refractivity contribution in [3.63, 3.8) is 0 Å². The molecule has 13 aromatic rings. The summed E-state index contributed by atoms with van der Waals surface area (Å²) in [5.41, 5.74) is 23.1. The zero-order valence-corrected chi connectivity index (χ0v) is 48.2. The van der Waals surface area contributed by atoms with E-state index in [9.17, 15) is 0 Å². The van der Waals surface area contributed by atoms with Crippen molar-refractivity contribution >= 4 is 32.8 Å². The monoisotopic (exact) mass is 1220 g/mol. The summed E-state index contributed by atoms with van der Waals surface area (Å²) in [5, 5.41) is 2.20. The van der Waals surface area contributed by atoms with Crippen LogP contribution in [0.1, 0.15) is 74.9 Å². The second kappa shape index (κ2) is 18.3. The third-order valence-corrected chi connectivity index (χ3v) is 17.9. The van der Waals surface area contributed by atoms with E-state index in [4.69, 9.17) is 9.72 Å². The molecule has 0 unspecified atom stereocenters. The molecule has 0 saturated carbocycles. The van der Waals surface area contributed by atoms with Gasteiger partial charge in [0.1, 0.15) is 0 Å². The van der Waals surface area contributed by atoms with E-state index in [0.29, 0.717) is 11.5 Å². The summed E-state index contributed by atoms with van der Waals surface area (Å²) in [5.74, 6) is 1.98. The second-order valence-electron chi connectivity index (χ2n) is 23.7. The molecule has 5 nitrogen and oxygen atoms in total. The minimum absolute atomic E-state index is 0.0524. The van der Waals surface area contributed by atoms with Crippen molar-refractivity contribution in [3.05, 3.63) is 280 Å². The fraction of sp³-hybridized carbons (Fsp3) is 0.120. The summed E-state index contributed by atoms with van der Waals surface area (Å²) < 4.78 is 14.9. The van der Waals surface area contributed by atoms with Crippen LogP contribution in [0.25, 0.3) is 94.5 Å². The van der Waals surface area contributed by atoms with Gasteiger partial charge in [-0.05, 0) is 50.6 Å². The van der Waals surface area contributed by atoms with E-state index in [0.717, 1.165) is 70.5 Å². The molecule has 3 aromatic heterocycles. The number of nitrogens with zero attached hydrogens (tertiary/aromatic N) is 4. The third-order valence-electron chi connectivity index (χ3n) is 16.9. The van der Waals surface area contributed by atoms with Gasteiger partial charge in [0.15, 0.2) is 0 Å². The molecule has 0 amide bonds. The molecule has 0 radical (unpaired) electrons. The second-order valence-corrected chi connectivity index (χ2v) is 24.7. The molecule has 2 aliphatic rings. The number of hydrogen-bond acceptors (Lipinski definition) is 2. The number of ether oxygens (including phenoxy) is 1. The maximum atomic E-state index is 6.92. The van der Waals surface area contributed by atoms with Crippen molar-refractivity contribution < 1.29 is 24.1 Å². The first-order valence-electron chi connectivity index (χ1n) is 27.9. The Kier molecular flexibility index (Phi) is 11.1. The van der Waals surface area contributed by atoms with E-state index in [2.05, 4.69) is 293 Å². The zero-order valence-electron chi connectivity index (χ0n) is 46.0. The molecule has 3 heterocycles. The summed E-state index contributed by atoms with van der Waals surface area (Å²) in [6, 6.07) is 89.3. The van der Waals surface area contributed by atoms with Gasteiger partial charge in [0.2, 0.25) is 0 Å². The molecule has 10 aromatic carbocycles. The molecule has 81 heavy (non-hydrogen) atoms. The van der Waals surface area contributed by atoms with Crippen LogP contribution in [-0.2, 0) is 35.6 Å². The van der Waals surface area contributed by atoms with Crippen LogP contribution in [0.4, 0.5) is 0 Å². The third kappa shape index (κ3) is 7.55. The fourth-order valence-corrected chi connectivity index (χ4v) is 14.2. The van der Waals surface area contributed by atoms with Crippen molar-refractivity contribution in [1.29, 1.82) is 0 Å². The summed E-state index contributed by atoms with van der Waals surface area (Å²) in [6.07, 6.45) is 1.87. The number of aromatic nitrogens is 4. The van der Waals surface area contributed by atoms with E-state index in [-0.39, 0.29) is 10.8 Å². The fourth-order valence-electron chi connectivity index (χ4n) is 13.1. The molecule has 0 bridgehead atoms. The van der Waals surface area contributed by atoms with Crippen molar-refractivity contribution in [2.45, 2.75) is 57.8 Å². The number of fused-ring (bicyclic) bond motifs is 14. The Morgan fingerprint density at radius 3 is 1.62 bits per heavy atom. The molecule has 0 aliphatic heterocycles. The van der Waals surface area contributed by atoms with Crippen molar-refractivity contribution in [1.82, 2.24) is 18.7 Å². The molecule has 394 valence electrons. The van der Waals surface area contributed by atoms with Crippen LogP contribution in [0.15, 0.2) is 231 Å². The Labute approximate surface area is 483 Å². The van der Waals surface area contributed by atoms with Crippen molar-refractivity contribution in [3.8, 4) is 73.2 Å². The molecule has 0 atom stereocenters. The number of benzene rings is 10. The number of pyridine rings is 1. The normalized spacial score (nSPS) is 13.2. The van der Waals surface area contributed by atoms with E-state index >= 15 is 0 Å². The van der Waals surface area contributed by atoms with Gasteiger partial charge in [-0.1, -0.05) is 78.9 Å². The van der Waals surface area contributed by atoms with Crippen LogP contribution in [0, 0.1) is 15.9 Å². The molecular weight excluding hydrogens is 1170 g/mol. The van der Waals surface area contributed by atoms with Gasteiger partial charge in [0, 0.05) is 6.20 Å². The Hall–Kier alpha value is -8.89. The maximum absolute atomic E-state index is 6.92. The topological polar surface area (TPSA) is 36.9 Å². The summed E-state index contributed by atoms with van der Waals surface area (Å²) in [4.78, 5) is 4.99. The first-order chi connectivity index (χ1) is 39.4. The molecule has 2 aliphatic carbocycles. The molecule has 15 rings (SSSR count). The Morgan fingerprint density at radius 2 is 0.975 bits per heavy atom. The van der Waals surface area contributed by atoms with E-state index in [1.54, 1.807) is 0 Å². The van der Waals surface area contributed by atoms with Gasteiger partial charge < -0.3 is 0 Å². The first-order valence-corrected chi connectivity index (χ1v) is 29.0. The molecule has 0 N–H and O–H groups in total. The van der Waals surface area contributed by atoms with Crippen LogP contribution in [0.3, 0.4) is 0 Å². The number of imidazole rings is 1. The number of para-hydroxylation sites is 3. The quantitative estimate of drug-likeness (QED) is 0.149. The van der Waals surface area contributed by atoms with Crippen molar-refractivity contribution in [2.24, 2.45) is 0 Å². The van der Waals surface area contributed by atoms with Crippen LogP contribution in [0.2, 0.25) is 0 Å². The molecular formula is C75H56N4OPt-2. The van der Waals surface area contributed by atoms with Gasteiger partial charge in [-0.2, -0.15) is 0 Å². The predicted octanol–water partition coefficient (Wildman–Crippen LogP) is 18.7. The summed E-state index contributed by atoms with van der Waals surface area (Å²) in [6.45, 7) is 13.9. The van der Waals surface area contributed by atoms with Crippen molar-refractivity contribution in [2.75, 3.05) is 0 Å². The molecule has 6 heteroatoms.